The third-order valence-corrected chi connectivity index (χ3v) is 5.65. The van der Waals surface area contributed by atoms with Crippen LogP contribution in [0.3, 0.4) is 0 Å². The van der Waals surface area contributed by atoms with E-state index in [1.54, 1.807) is 27.4 Å². The number of nitrogens with one attached hydrogen (secondary N) is 1. The third kappa shape index (κ3) is 7.02. The molecule has 0 unspecified atom stereocenters. The van der Waals surface area contributed by atoms with Crippen LogP contribution in [0.4, 0.5) is 0 Å². The highest BCUT2D eigenvalue weighted by Gasteiger charge is 2.11. The summed E-state index contributed by atoms with van der Waals surface area (Å²) in [5.74, 6) is 2.36. The number of amides is 1. The van der Waals surface area contributed by atoms with Crippen LogP contribution in [-0.4, -0.2) is 33.8 Å². The average Bonchev–Trinajstić information content (AvgIpc) is 2.87. The molecule has 1 amide bonds. The predicted molar refractivity (Wildman–Crippen MR) is 137 cm³/mol. The number of carbonyl (C=O) groups is 1. The highest BCUT2D eigenvalue weighted by molar-refractivity contribution is 9.10. The smallest absolute Gasteiger partial charge is 0.244 e. The van der Waals surface area contributed by atoms with Gasteiger partial charge >= 0.3 is 0 Å². The molecule has 0 heterocycles. The van der Waals surface area contributed by atoms with Crippen molar-refractivity contribution >= 4 is 27.9 Å². The molecule has 178 valence electrons. The summed E-state index contributed by atoms with van der Waals surface area (Å²) in [4.78, 5) is 12.3. The van der Waals surface area contributed by atoms with Gasteiger partial charge in [-0.3, -0.25) is 4.79 Å². The molecule has 0 spiro atoms. The van der Waals surface area contributed by atoms with Crippen molar-refractivity contribution in [3.05, 3.63) is 87.9 Å². The zero-order valence-electron chi connectivity index (χ0n) is 19.5. The summed E-state index contributed by atoms with van der Waals surface area (Å²) in [6.07, 6.45) is 3.91. The van der Waals surface area contributed by atoms with Crippen LogP contribution in [0.15, 0.2) is 71.2 Å². The topological polar surface area (TPSA) is 66.0 Å². The lowest BCUT2D eigenvalue weighted by Crippen LogP contribution is -2.23. The summed E-state index contributed by atoms with van der Waals surface area (Å²) in [6.45, 7) is 0.922. The zero-order valence-corrected chi connectivity index (χ0v) is 21.1. The molecule has 7 heteroatoms. The summed E-state index contributed by atoms with van der Waals surface area (Å²) in [5, 5.41) is 2.90. The van der Waals surface area contributed by atoms with E-state index >= 15 is 0 Å². The van der Waals surface area contributed by atoms with Crippen LogP contribution in [0.2, 0.25) is 0 Å². The van der Waals surface area contributed by atoms with Crippen molar-refractivity contribution in [1.82, 2.24) is 5.32 Å². The molecular weight excluding hydrogens is 498 g/mol. The van der Waals surface area contributed by atoms with Gasteiger partial charge in [0.2, 0.25) is 5.91 Å². The average molecular weight is 526 g/mol. The first-order valence-corrected chi connectivity index (χ1v) is 11.5. The van der Waals surface area contributed by atoms with Gasteiger partial charge in [-0.15, -0.1) is 0 Å². The lowest BCUT2D eigenvalue weighted by Gasteiger charge is -2.13. The second-order valence-corrected chi connectivity index (χ2v) is 8.23. The van der Waals surface area contributed by atoms with E-state index in [0.717, 1.165) is 21.2 Å². The number of methoxy groups -OCH3 is 3. The molecular formula is C27H28BrNO5. The Hall–Kier alpha value is -3.45. The molecule has 34 heavy (non-hydrogen) atoms. The number of carbonyl (C=O) groups excluding carboxylic acids is 1. The molecule has 6 nitrogen and oxygen atoms in total. The number of hydrogen-bond acceptors (Lipinski definition) is 5. The fraction of sp³-hybridized carbons (Fsp3) is 0.222. The van der Waals surface area contributed by atoms with Gasteiger partial charge in [0, 0.05) is 12.6 Å². The van der Waals surface area contributed by atoms with Gasteiger partial charge in [0.15, 0.2) is 23.0 Å². The van der Waals surface area contributed by atoms with E-state index in [1.807, 2.05) is 60.7 Å². The standard InChI is InChI=1S/C27H28BrNO5/c1-31-23-11-9-19(16-24(23)32-2)13-14-29-26(30)12-10-21-15-22(28)27(25(17-21)33-3)34-18-20-7-5-4-6-8-20/h4-12,15-17H,13-14,18H2,1-3H3,(H,29,30)/b12-10+. The Kier molecular flexibility index (Phi) is 9.40. The Morgan fingerprint density at radius 3 is 2.32 bits per heavy atom. The van der Waals surface area contributed by atoms with Crippen molar-refractivity contribution in [2.75, 3.05) is 27.9 Å². The quantitative estimate of drug-likeness (QED) is 0.338. The number of benzene rings is 3. The van der Waals surface area contributed by atoms with Crippen LogP contribution < -0.4 is 24.3 Å². The second kappa shape index (κ2) is 12.7. The van der Waals surface area contributed by atoms with E-state index in [-0.39, 0.29) is 5.91 Å². The van der Waals surface area contributed by atoms with Crippen molar-refractivity contribution in [3.63, 3.8) is 0 Å². The minimum Gasteiger partial charge on any atom is -0.493 e. The largest absolute Gasteiger partial charge is 0.493 e. The first-order valence-electron chi connectivity index (χ1n) is 10.7. The maximum absolute atomic E-state index is 12.3. The summed E-state index contributed by atoms with van der Waals surface area (Å²) >= 11 is 3.55. The molecule has 0 bridgehead atoms. The van der Waals surface area contributed by atoms with Crippen LogP contribution in [0.5, 0.6) is 23.0 Å². The molecule has 0 aliphatic carbocycles. The molecule has 0 aliphatic heterocycles. The Balaban J connectivity index is 1.56. The molecule has 3 aromatic rings. The van der Waals surface area contributed by atoms with Crippen molar-refractivity contribution in [3.8, 4) is 23.0 Å². The summed E-state index contributed by atoms with van der Waals surface area (Å²) < 4.78 is 22.8. The van der Waals surface area contributed by atoms with Gasteiger partial charge < -0.3 is 24.3 Å². The summed E-state index contributed by atoms with van der Waals surface area (Å²) in [7, 11) is 4.79. The molecule has 0 aromatic heterocycles. The number of hydrogen-bond donors (Lipinski definition) is 1. The van der Waals surface area contributed by atoms with Crippen molar-refractivity contribution in [2.45, 2.75) is 13.0 Å². The van der Waals surface area contributed by atoms with Crippen LogP contribution in [0.1, 0.15) is 16.7 Å². The van der Waals surface area contributed by atoms with Crippen molar-refractivity contribution in [1.29, 1.82) is 0 Å². The van der Waals surface area contributed by atoms with E-state index in [1.165, 1.54) is 6.08 Å². The van der Waals surface area contributed by atoms with E-state index < -0.39 is 0 Å². The molecule has 0 radical (unpaired) electrons. The lowest BCUT2D eigenvalue weighted by molar-refractivity contribution is -0.116. The number of halogens is 1. The highest BCUT2D eigenvalue weighted by atomic mass is 79.9. The molecule has 3 aromatic carbocycles. The molecule has 0 atom stereocenters. The van der Waals surface area contributed by atoms with Crippen LogP contribution in [0.25, 0.3) is 6.08 Å². The maximum Gasteiger partial charge on any atom is 0.244 e. The first-order chi connectivity index (χ1) is 16.5. The van der Waals surface area contributed by atoms with E-state index in [4.69, 9.17) is 18.9 Å². The normalized spacial score (nSPS) is 10.7. The van der Waals surface area contributed by atoms with Gasteiger partial charge in [-0.05, 0) is 69.4 Å². The molecule has 0 saturated heterocycles. The monoisotopic (exact) mass is 525 g/mol. The third-order valence-electron chi connectivity index (χ3n) is 5.07. The van der Waals surface area contributed by atoms with Gasteiger partial charge in [-0.25, -0.2) is 0 Å². The maximum atomic E-state index is 12.3. The minimum absolute atomic E-state index is 0.181. The molecule has 1 N–H and O–H groups in total. The minimum atomic E-state index is -0.181. The van der Waals surface area contributed by atoms with Gasteiger partial charge in [-0.2, -0.15) is 0 Å². The summed E-state index contributed by atoms with van der Waals surface area (Å²) in [6, 6.07) is 19.3. The van der Waals surface area contributed by atoms with Crippen LogP contribution >= 0.6 is 15.9 Å². The Labute approximate surface area is 208 Å². The number of ether oxygens (including phenoxy) is 4. The van der Waals surface area contributed by atoms with E-state index in [2.05, 4.69) is 21.2 Å². The fourth-order valence-electron chi connectivity index (χ4n) is 3.30. The van der Waals surface area contributed by atoms with Crippen molar-refractivity contribution in [2.24, 2.45) is 0 Å². The summed E-state index contributed by atoms with van der Waals surface area (Å²) in [5.41, 5.74) is 2.91. The second-order valence-electron chi connectivity index (χ2n) is 7.37. The van der Waals surface area contributed by atoms with E-state index in [9.17, 15) is 4.79 Å². The molecule has 0 saturated carbocycles. The van der Waals surface area contributed by atoms with Gasteiger partial charge in [-0.1, -0.05) is 36.4 Å². The molecule has 3 rings (SSSR count). The Morgan fingerprint density at radius 2 is 1.62 bits per heavy atom. The van der Waals surface area contributed by atoms with E-state index in [0.29, 0.717) is 42.6 Å². The SMILES string of the molecule is COc1ccc(CCNC(=O)/C=C/c2cc(Br)c(OCc3ccccc3)c(OC)c2)cc1OC. The van der Waals surface area contributed by atoms with Gasteiger partial charge in [0.25, 0.3) is 0 Å². The Morgan fingerprint density at radius 1 is 0.882 bits per heavy atom. The van der Waals surface area contributed by atoms with Crippen LogP contribution in [-0.2, 0) is 17.8 Å². The fourth-order valence-corrected chi connectivity index (χ4v) is 3.88. The molecule has 0 fully saturated rings. The van der Waals surface area contributed by atoms with Crippen molar-refractivity contribution < 1.29 is 23.7 Å². The predicted octanol–water partition coefficient (Wildman–Crippen LogP) is 5.43. The van der Waals surface area contributed by atoms with Gasteiger partial charge in [0.05, 0.1) is 25.8 Å². The molecule has 0 aliphatic rings. The Bertz CT molecular complexity index is 1130. The zero-order chi connectivity index (χ0) is 24.3. The van der Waals surface area contributed by atoms with Crippen LogP contribution in [0, 0.1) is 0 Å². The van der Waals surface area contributed by atoms with Gasteiger partial charge in [0.1, 0.15) is 6.61 Å². The number of rotatable bonds is 11. The first kappa shape index (κ1) is 25.2. The lowest BCUT2D eigenvalue weighted by atomic mass is 10.1. The highest BCUT2D eigenvalue weighted by Crippen LogP contribution is 2.37.